The summed E-state index contributed by atoms with van der Waals surface area (Å²) in [5.41, 5.74) is 2.79. The molecule has 4 rings (SSSR count). The van der Waals surface area contributed by atoms with Crippen LogP contribution in [0.4, 0.5) is 28.8 Å². The molecule has 0 atom stereocenters. The van der Waals surface area contributed by atoms with E-state index in [0.717, 1.165) is 11.4 Å². The molecular formula is C22H19N5O2. The van der Waals surface area contributed by atoms with Crippen LogP contribution in [0.1, 0.15) is 16.2 Å². The van der Waals surface area contributed by atoms with Gasteiger partial charge in [-0.05, 0) is 43.3 Å². The van der Waals surface area contributed by atoms with E-state index in [0.29, 0.717) is 23.1 Å². The average molecular weight is 385 g/mol. The summed E-state index contributed by atoms with van der Waals surface area (Å²) >= 11 is 0. The number of anilines is 5. The molecule has 0 radical (unpaired) electrons. The lowest BCUT2D eigenvalue weighted by Gasteiger charge is -2.16. The molecule has 0 saturated heterocycles. The molecule has 0 bridgehead atoms. The Morgan fingerprint density at radius 1 is 0.828 bits per heavy atom. The normalized spacial score (nSPS) is 10.4. The molecule has 2 heterocycles. The van der Waals surface area contributed by atoms with E-state index in [-0.39, 0.29) is 11.7 Å². The van der Waals surface area contributed by atoms with Crippen molar-refractivity contribution < 1.29 is 9.21 Å². The highest BCUT2D eigenvalue weighted by atomic mass is 16.3. The third kappa shape index (κ3) is 4.41. The number of nitrogens with zero attached hydrogens (tertiary/aromatic N) is 2. The van der Waals surface area contributed by atoms with Crippen molar-refractivity contribution in [2.45, 2.75) is 6.92 Å². The summed E-state index contributed by atoms with van der Waals surface area (Å²) in [5.74, 6) is 0.730. The van der Waals surface area contributed by atoms with Crippen LogP contribution in [0.3, 0.4) is 0 Å². The van der Waals surface area contributed by atoms with E-state index < -0.39 is 0 Å². The fraction of sp³-hybridized carbons (Fsp3) is 0.0455. The number of aryl methyl sites for hydroxylation is 1. The Labute approximate surface area is 167 Å². The van der Waals surface area contributed by atoms with Crippen LogP contribution in [0.5, 0.6) is 0 Å². The van der Waals surface area contributed by atoms with Crippen molar-refractivity contribution in [2.24, 2.45) is 0 Å². The second kappa shape index (κ2) is 8.26. The molecule has 0 unspecified atom stereocenters. The van der Waals surface area contributed by atoms with E-state index in [2.05, 4.69) is 25.9 Å². The lowest BCUT2D eigenvalue weighted by Crippen LogP contribution is -2.15. The maximum Gasteiger partial charge on any atom is 0.291 e. The van der Waals surface area contributed by atoms with Crippen molar-refractivity contribution in [3.05, 3.63) is 90.5 Å². The monoisotopic (exact) mass is 385 g/mol. The Balaban J connectivity index is 1.69. The molecule has 0 aliphatic carbocycles. The van der Waals surface area contributed by atoms with Gasteiger partial charge in [-0.1, -0.05) is 36.4 Å². The van der Waals surface area contributed by atoms with Crippen molar-refractivity contribution in [3.8, 4) is 0 Å². The van der Waals surface area contributed by atoms with Crippen molar-refractivity contribution in [3.63, 3.8) is 0 Å². The van der Waals surface area contributed by atoms with E-state index in [4.69, 9.17) is 4.42 Å². The van der Waals surface area contributed by atoms with E-state index >= 15 is 0 Å². The first-order chi connectivity index (χ1) is 14.2. The van der Waals surface area contributed by atoms with Crippen molar-refractivity contribution in [1.29, 1.82) is 0 Å². The molecule has 0 spiro atoms. The maximum absolute atomic E-state index is 12.5. The van der Waals surface area contributed by atoms with Crippen molar-refractivity contribution in [2.75, 3.05) is 16.0 Å². The number of aromatic nitrogens is 2. The molecule has 1 amide bonds. The van der Waals surface area contributed by atoms with Crippen molar-refractivity contribution >= 4 is 34.7 Å². The quantitative estimate of drug-likeness (QED) is 0.427. The molecule has 0 aliphatic heterocycles. The number of furan rings is 1. The summed E-state index contributed by atoms with van der Waals surface area (Å²) in [4.78, 5) is 21.6. The van der Waals surface area contributed by atoms with Crippen LogP contribution in [0.2, 0.25) is 0 Å². The number of hydrogen-bond donors (Lipinski definition) is 3. The number of carbonyl (C=O) groups is 1. The number of amides is 1. The first-order valence-electron chi connectivity index (χ1n) is 9.07. The zero-order valence-corrected chi connectivity index (χ0v) is 15.7. The van der Waals surface area contributed by atoms with E-state index in [1.807, 2.05) is 67.6 Å². The smallest absolute Gasteiger partial charge is 0.291 e. The first-order valence-corrected chi connectivity index (χ1v) is 9.07. The van der Waals surface area contributed by atoms with Gasteiger partial charge in [-0.25, -0.2) is 4.98 Å². The number of hydrogen-bond acceptors (Lipinski definition) is 6. The SMILES string of the molecule is Cc1nc(Nc2ccccc2)nc(Nc2ccccc2)c1NC(=O)c1ccco1. The van der Waals surface area contributed by atoms with Gasteiger partial charge in [0.25, 0.3) is 5.91 Å². The molecular weight excluding hydrogens is 366 g/mol. The molecule has 2 aromatic carbocycles. The Morgan fingerprint density at radius 3 is 2.10 bits per heavy atom. The highest BCUT2D eigenvalue weighted by Crippen LogP contribution is 2.29. The van der Waals surface area contributed by atoms with E-state index in [1.54, 1.807) is 12.1 Å². The second-order valence-corrected chi connectivity index (χ2v) is 6.27. The third-order valence-corrected chi connectivity index (χ3v) is 4.14. The van der Waals surface area contributed by atoms with Gasteiger partial charge in [-0.15, -0.1) is 0 Å². The highest BCUT2D eigenvalue weighted by Gasteiger charge is 2.17. The van der Waals surface area contributed by atoms with Crippen LogP contribution in [-0.4, -0.2) is 15.9 Å². The van der Waals surface area contributed by atoms with Gasteiger partial charge in [0, 0.05) is 11.4 Å². The van der Waals surface area contributed by atoms with Crippen LogP contribution in [0.25, 0.3) is 0 Å². The van der Waals surface area contributed by atoms with Gasteiger partial charge in [0.2, 0.25) is 5.95 Å². The molecule has 7 nitrogen and oxygen atoms in total. The van der Waals surface area contributed by atoms with Crippen molar-refractivity contribution in [1.82, 2.24) is 9.97 Å². The average Bonchev–Trinajstić information content (AvgIpc) is 3.27. The fourth-order valence-corrected chi connectivity index (χ4v) is 2.76. The van der Waals surface area contributed by atoms with E-state index in [1.165, 1.54) is 6.26 Å². The summed E-state index contributed by atoms with van der Waals surface area (Å²) in [6.07, 6.45) is 1.45. The molecule has 0 fully saturated rings. The predicted molar refractivity (Wildman–Crippen MR) is 113 cm³/mol. The molecule has 2 aromatic heterocycles. The van der Waals surface area contributed by atoms with Crippen LogP contribution in [-0.2, 0) is 0 Å². The van der Waals surface area contributed by atoms with Gasteiger partial charge < -0.3 is 20.4 Å². The fourth-order valence-electron chi connectivity index (χ4n) is 2.76. The lowest BCUT2D eigenvalue weighted by atomic mass is 10.2. The van der Waals surface area contributed by atoms with Crippen LogP contribution >= 0.6 is 0 Å². The Morgan fingerprint density at radius 2 is 1.48 bits per heavy atom. The minimum atomic E-state index is -0.374. The van der Waals surface area contributed by atoms with Crippen LogP contribution in [0.15, 0.2) is 83.5 Å². The highest BCUT2D eigenvalue weighted by molar-refractivity contribution is 6.04. The van der Waals surface area contributed by atoms with Gasteiger partial charge in [0.15, 0.2) is 11.6 Å². The Kier molecular flexibility index (Phi) is 5.20. The van der Waals surface area contributed by atoms with Gasteiger partial charge in [-0.2, -0.15) is 4.98 Å². The number of rotatable bonds is 6. The van der Waals surface area contributed by atoms with Gasteiger partial charge in [0.05, 0.1) is 12.0 Å². The minimum Gasteiger partial charge on any atom is -0.459 e. The van der Waals surface area contributed by atoms with Crippen LogP contribution in [0, 0.1) is 6.92 Å². The van der Waals surface area contributed by atoms with Crippen LogP contribution < -0.4 is 16.0 Å². The summed E-state index contributed by atoms with van der Waals surface area (Å²) < 4.78 is 5.18. The predicted octanol–water partition coefficient (Wildman–Crippen LogP) is 5.12. The lowest BCUT2D eigenvalue weighted by molar-refractivity contribution is 0.0996. The standard InChI is InChI=1S/C22H19N5O2/c1-15-19(26-21(28)18-13-8-14-29-18)20(24-16-9-4-2-5-10-16)27-22(23-15)25-17-11-6-3-7-12-17/h2-14H,1H3,(H,26,28)(H2,23,24,25,27). The first kappa shape index (κ1) is 18.2. The minimum absolute atomic E-state index is 0.210. The molecule has 29 heavy (non-hydrogen) atoms. The number of para-hydroxylation sites is 2. The molecule has 0 aliphatic rings. The third-order valence-electron chi connectivity index (χ3n) is 4.14. The summed E-state index contributed by atoms with van der Waals surface area (Å²) in [7, 11) is 0. The summed E-state index contributed by atoms with van der Waals surface area (Å²) in [5, 5.41) is 9.28. The second-order valence-electron chi connectivity index (χ2n) is 6.27. The molecule has 144 valence electrons. The van der Waals surface area contributed by atoms with Gasteiger partial charge >= 0.3 is 0 Å². The molecule has 0 saturated carbocycles. The topological polar surface area (TPSA) is 92.1 Å². The molecule has 3 N–H and O–H groups in total. The zero-order chi connectivity index (χ0) is 20.1. The molecule has 7 heteroatoms. The Bertz CT molecular complexity index is 1100. The largest absolute Gasteiger partial charge is 0.459 e. The maximum atomic E-state index is 12.5. The van der Waals surface area contributed by atoms with E-state index in [9.17, 15) is 4.79 Å². The number of carbonyl (C=O) groups excluding carboxylic acids is 1. The van der Waals surface area contributed by atoms with Gasteiger partial charge in [0.1, 0.15) is 5.69 Å². The summed E-state index contributed by atoms with van der Waals surface area (Å²) in [6, 6.07) is 22.5. The Hall–Kier alpha value is -4.13. The zero-order valence-electron chi connectivity index (χ0n) is 15.7. The molecule has 4 aromatic rings. The summed E-state index contributed by atoms with van der Waals surface area (Å²) in [6.45, 7) is 1.81. The number of benzene rings is 2. The van der Waals surface area contributed by atoms with Gasteiger partial charge in [-0.3, -0.25) is 4.79 Å². The number of nitrogens with one attached hydrogen (secondary N) is 3.